The average molecular weight is 397 g/mol. The molecule has 0 radical (unpaired) electrons. The fourth-order valence-corrected chi connectivity index (χ4v) is 5.08. The summed E-state index contributed by atoms with van der Waals surface area (Å²) in [5.41, 5.74) is -0.0687. The Kier molecular flexibility index (Phi) is 3.19. The molecule has 0 aliphatic carbocycles. The Morgan fingerprint density at radius 2 is 2.21 bits per heavy atom. The number of carbonyl (C=O) groups is 2. The first kappa shape index (κ1) is 16.1. The van der Waals surface area contributed by atoms with Gasteiger partial charge in [-0.25, -0.2) is 4.98 Å². The van der Waals surface area contributed by atoms with Gasteiger partial charge in [0.2, 0.25) is 18.6 Å². The largest absolute Gasteiger partial charge is 0.454 e. The van der Waals surface area contributed by atoms with Gasteiger partial charge in [-0.1, -0.05) is 12.2 Å². The number of carbonyl (C=O) groups excluding carboxylic acids is 2. The van der Waals surface area contributed by atoms with Gasteiger partial charge in [-0.05, 0) is 12.1 Å². The number of nitrogens with one attached hydrogen (secondary N) is 1. The third kappa shape index (κ3) is 2.11. The van der Waals surface area contributed by atoms with E-state index in [1.807, 2.05) is 18.2 Å². The minimum absolute atomic E-state index is 0.120. The van der Waals surface area contributed by atoms with Crippen LogP contribution in [0.2, 0.25) is 0 Å². The van der Waals surface area contributed by atoms with Crippen LogP contribution in [0.4, 0.5) is 10.8 Å². The summed E-state index contributed by atoms with van der Waals surface area (Å²) in [4.78, 5) is 32.0. The van der Waals surface area contributed by atoms with Crippen molar-refractivity contribution in [3.63, 3.8) is 0 Å². The van der Waals surface area contributed by atoms with Gasteiger partial charge < -0.3 is 24.4 Å². The van der Waals surface area contributed by atoms with E-state index in [0.717, 1.165) is 0 Å². The SMILES string of the molecule is O=C(Nc1nccs1)[C@H]1[C@@H]2C=C[C@@]3(CN(c4ccc5c(c4)OCO5)C(=O)[C@H]13)O2. The molecule has 6 rings (SSSR count). The number of rotatable bonds is 3. The van der Waals surface area contributed by atoms with Gasteiger partial charge in [0.1, 0.15) is 5.60 Å². The quantitative estimate of drug-likeness (QED) is 0.795. The minimum atomic E-state index is -0.775. The van der Waals surface area contributed by atoms with Crippen molar-refractivity contribution in [2.24, 2.45) is 11.8 Å². The Labute approximate surface area is 163 Å². The Balaban J connectivity index is 1.32. The van der Waals surface area contributed by atoms with E-state index < -0.39 is 23.5 Å². The van der Waals surface area contributed by atoms with Gasteiger partial charge in [-0.15, -0.1) is 11.3 Å². The summed E-state index contributed by atoms with van der Waals surface area (Å²) in [5.74, 6) is -0.236. The van der Waals surface area contributed by atoms with Crippen molar-refractivity contribution in [2.75, 3.05) is 23.6 Å². The fourth-order valence-electron chi connectivity index (χ4n) is 4.54. The van der Waals surface area contributed by atoms with E-state index in [2.05, 4.69) is 10.3 Å². The summed E-state index contributed by atoms with van der Waals surface area (Å²) in [6.07, 6.45) is 5.05. The van der Waals surface area contributed by atoms with Crippen molar-refractivity contribution < 1.29 is 23.8 Å². The third-order valence-electron chi connectivity index (χ3n) is 5.73. The molecule has 4 aliphatic rings. The van der Waals surface area contributed by atoms with Crippen molar-refractivity contribution in [1.82, 2.24) is 4.98 Å². The lowest BCUT2D eigenvalue weighted by molar-refractivity contribution is -0.128. The molecule has 4 aliphatic heterocycles. The Hall–Kier alpha value is -2.91. The van der Waals surface area contributed by atoms with Gasteiger partial charge in [0, 0.05) is 23.3 Å². The van der Waals surface area contributed by atoms with E-state index in [9.17, 15) is 9.59 Å². The predicted octanol–water partition coefficient (Wildman–Crippen LogP) is 1.80. The normalized spacial score (nSPS) is 31.5. The summed E-state index contributed by atoms with van der Waals surface area (Å²) in [5, 5.41) is 5.12. The van der Waals surface area contributed by atoms with E-state index in [1.54, 1.807) is 28.6 Å². The molecule has 1 N–H and O–H groups in total. The number of nitrogens with zero attached hydrogens (tertiary/aromatic N) is 2. The molecule has 2 bridgehead atoms. The molecule has 1 aromatic carbocycles. The summed E-state index contributed by atoms with van der Waals surface area (Å²) in [6.45, 7) is 0.538. The molecule has 5 heterocycles. The molecule has 2 fully saturated rings. The van der Waals surface area contributed by atoms with E-state index in [0.29, 0.717) is 28.9 Å². The zero-order chi connectivity index (χ0) is 18.9. The predicted molar refractivity (Wildman–Crippen MR) is 99.4 cm³/mol. The second kappa shape index (κ2) is 5.55. The molecule has 9 heteroatoms. The van der Waals surface area contributed by atoms with Gasteiger partial charge >= 0.3 is 0 Å². The van der Waals surface area contributed by atoms with Crippen LogP contribution in [0.5, 0.6) is 11.5 Å². The smallest absolute Gasteiger partial charge is 0.234 e. The number of fused-ring (bicyclic) bond motifs is 2. The molecule has 4 atom stereocenters. The lowest BCUT2D eigenvalue weighted by Crippen LogP contribution is -2.41. The molecule has 142 valence electrons. The van der Waals surface area contributed by atoms with Crippen LogP contribution in [0.25, 0.3) is 0 Å². The highest BCUT2D eigenvalue weighted by atomic mass is 32.1. The number of amides is 2. The van der Waals surface area contributed by atoms with Crippen molar-refractivity contribution in [1.29, 1.82) is 0 Å². The van der Waals surface area contributed by atoms with E-state index in [-0.39, 0.29) is 18.6 Å². The number of ether oxygens (including phenoxy) is 3. The van der Waals surface area contributed by atoms with Crippen LogP contribution in [0.3, 0.4) is 0 Å². The molecule has 1 aromatic heterocycles. The minimum Gasteiger partial charge on any atom is -0.454 e. The van der Waals surface area contributed by atoms with Crippen LogP contribution in [0, 0.1) is 11.8 Å². The second-order valence-corrected chi connectivity index (χ2v) is 8.08. The third-order valence-corrected chi connectivity index (χ3v) is 6.42. The molecule has 0 saturated carbocycles. The van der Waals surface area contributed by atoms with Crippen molar-refractivity contribution in [2.45, 2.75) is 11.7 Å². The summed E-state index contributed by atoms with van der Waals surface area (Å²) < 4.78 is 16.9. The Bertz CT molecular complexity index is 1020. The van der Waals surface area contributed by atoms with Gasteiger partial charge in [0.15, 0.2) is 16.6 Å². The fraction of sp³-hybridized carbons (Fsp3) is 0.316. The number of benzene rings is 1. The Morgan fingerprint density at radius 3 is 3.07 bits per heavy atom. The lowest BCUT2D eigenvalue weighted by atomic mass is 9.77. The summed E-state index contributed by atoms with van der Waals surface area (Å²) >= 11 is 1.34. The average Bonchev–Trinajstić information content (AvgIpc) is 3.49. The molecule has 0 unspecified atom stereocenters. The molecule has 28 heavy (non-hydrogen) atoms. The zero-order valence-corrected chi connectivity index (χ0v) is 15.3. The van der Waals surface area contributed by atoms with Crippen LogP contribution < -0.4 is 19.7 Å². The Morgan fingerprint density at radius 1 is 1.32 bits per heavy atom. The first-order valence-corrected chi connectivity index (χ1v) is 9.81. The van der Waals surface area contributed by atoms with E-state index in [1.165, 1.54) is 11.3 Å². The molecule has 1 spiro atoms. The standard InChI is InChI=1S/C19H15N3O5S/c23-16(21-18-20-5-6-28-18)14-12-3-4-19(27-12)8-22(17(24)15(14)19)10-1-2-11-13(7-10)26-9-25-11/h1-7,12,14-15H,8-9H2,(H,20,21,23)/t12-,14-,15-,19-/m0/s1. The van der Waals surface area contributed by atoms with Crippen molar-refractivity contribution >= 4 is 34.0 Å². The number of thiazole rings is 1. The molecule has 2 saturated heterocycles. The first-order chi connectivity index (χ1) is 13.6. The molecule has 8 nitrogen and oxygen atoms in total. The maximum absolute atomic E-state index is 13.3. The highest BCUT2D eigenvalue weighted by Gasteiger charge is 2.67. The molecule has 2 amide bonds. The maximum atomic E-state index is 13.3. The highest BCUT2D eigenvalue weighted by Crippen LogP contribution is 2.53. The van der Waals surface area contributed by atoms with Gasteiger partial charge in [0.05, 0.1) is 24.5 Å². The monoisotopic (exact) mass is 397 g/mol. The number of anilines is 2. The van der Waals surface area contributed by atoms with Gasteiger partial charge in [-0.2, -0.15) is 0 Å². The van der Waals surface area contributed by atoms with Crippen LogP contribution in [0.15, 0.2) is 41.9 Å². The number of hydrogen-bond donors (Lipinski definition) is 1. The van der Waals surface area contributed by atoms with Crippen LogP contribution in [-0.2, 0) is 14.3 Å². The molecular formula is C19H15N3O5S. The summed E-state index contributed by atoms with van der Waals surface area (Å²) in [7, 11) is 0. The maximum Gasteiger partial charge on any atom is 0.234 e. The topological polar surface area (TPSA) is 90.0 Å². The van der Waals surface area contributed by atoms with Gasteiger partial charge in [-0.3, -0.25) is 9.59 Å². The number of hydrogen-bond acceptors (Lipinski definition) is 7. The number of aromatic nitrogens is 1. The van der Waals surface area contributed by atoms with E-state index >= 15 is 0 Å². The second-order valence-electron chi connectivity index (χ2n) is 7.19. The van der Waals surface area contributed by atoms with Crippen molar-refractivity contribution in [3.8, 4) is 11.5 Å². The van der Waals surface area contributed by atoms with Crippen LogP contribution >= 0.6 is 11.3 Å². The van der Waals surface area contributed by atoms with E-state index in [4.69, 9.17) is 14.2 Å². The van der Waals surface area contributed by atoms with Crippen LogP contribution in [0.1, 0.15) is 0 Å². The zero-order valence-electron chi connectivity index (χ0n) is 14.5. The van der Waals surface area contributed by atoms with Crippen molar-refractivity contribution in [3.05, 3.63) is 41.9 Å². The first-order valence-electron chi connectivity index (χ1n) is 8.93. The molecular weight excluding hydrogens is 382 g/mol. The molecule has 2 aromatic rings. The summed E-state index contributed by atoms with van der Waals surface area (Å²) in [6, 6.07) is 5.40. The van der Waals surface area contributed by atoms with Gasteiger partial charge in [0.25, 0.3) is 0 Å². The van der Waals surface area contributed by atoms with Crippen LogP contribution in [-0.4, -0.2) is 41.8 Å². The highest BCUT2D eigenvalue weighted by molar-refractivity contribution is 7.13. The lowest BCUT2D eigenvalue weighted by Gasteiger charge is -2.22.